The Morgan fingerprint density at radius 3 is 2.36 bits per heavy atom. The molecule has 2 fully saturated rings. The standard InChI is InChI=1S/C26H32N2O2.C6H12N2.2C2H6/c1-17-10-18(15-27-26(2)8-5-9-26)11-23-24(17)16-28(25(23)29)21-7-4-6-19(12-21)20-13-22(14-20)30-3;1-4-7-8-5-6(2)3;2*1-2/h4,6-7,10-12,20,22,27H,5,8-9,13-16H2,1-3H3;4-6H,1-3H3;2*1-2H3/b;7-4-,8-5-;;. The van der Waals surface area contributed by atoms with Gasteiger partial charge >= 0.3 is 0 Å². The highest BCUT2D eigenvalue weighted by atomic mass is 16.5. The molecular formula is C36H56N4O2. The molecule has 2 aliphatic carbocycles. The van der Waals surface area contributed by atoms with Gasteiger partial charge in [0.15, 0.2) is 0 Å². The van der Waals surface area contributed by atoms with Gasteiger partial charge in [0.25, 0.3) is 5.91 Å². The van der Waals surface area contributed by atoms with Crippen molar-refractivity contribution in [1.82, 2.24) is 5.32 Å². The third-order valence-corrected chi connectivity index (χ3v) is 8.13. The van der Waals surface area contributed by atoms with E-state index in [1.165, 1.54) is 41.5 Å². The van der Waals surface area contributed by atoms with Crippen LogP contribution in [0.5, 0.6) is 0 Å². The maximum Gasteiger partial charge on any atom is 0.258 e. The molecule has 1 heterocycles. The molecule has 232 valence electrons. The predicted octanol–water partition coefficient (Wildman–Crippen LogP) is 8.85. The normalized spacial score (nSPS) is 20.1. The first-order valence-corrected chi connectivity index (χ1v) is 16.1. The number of hydrogen-bond donors (Lipinski definition) is 1. The Morgan fingerprint density at radius 1 is 1.10 bits per heavy atom. The smallest absolute Gasteiger partial charge is 0.258 e. The minimum atomic E-state index is 0.130. The number of carbonyl (C=O) groups excluding carboxylic acids is 1. The summed E-state index contributed by atoms with van der Waals surface area (Å²) >= 11 is 0. The molecule has 1 N–H and O–H groups in total. The van der Waals surface area contributed by atoms with Gasteiger partial charge in [-0.05, 0) is 105 Å². The van der Waals surface area contributed by atoms with Gasteiger partial charge < -0.3 is 15.0 Å². The maximum absolute atomic E-state index is 13.3. The zero-order chi connectivity index (χ0) is 31.3. The van der Waals surface area contributed by atoms with Crippen LogP contribution in [0.3, 0.4) is 0 Å². The molecule has 6 nitrogen and oxygen atoms in total. The van der Waals surface area contributed by atoms with Crippen molar-refractivity contribution in [2.75, 3.05) is 12.0 Å². The van der Waals surface area contributed by atoms with Crippen molar-refractivity contribution >= 4 is 24.0 Å². The second-order valence-corrected chi connectivity index (χ2v) is 11.6. The van der Waals surface area contributed by atoms with Crippen molar-refractivity contribution in [1.29, 1.82) is 0 Å². The summed E-state index contributed by atoms with van der Waals surface area (Å²) in [6, 6.07) is 12.9. The second-order valence-electron chi connectivity index (χ2n) is 11.6. The van der Waals surface area contributed by atoms with E-state index in [1.807, 2.05) is 39.5 Å². The molecular weight excluding hydrogens is 520 g/mol. The first-order valence-electron chi connectivity index (χ1n) is 16.1. The van der Waals surface area contributed by atoms with Gasteiger partial charge in [-0.1, -0.05) is 59.7 Å². The summed E-state index contributed by atoms with van der Waals surface area (Å²) in [6.45, 7) is 19.9. The number of nitrogens with one attached hydrogen (secondary N) is 1. The predicted molar refractivity (Wildman–Crippen MR) is 180 cm³/mol. The van der Waals surface area contributed by atoms with Gasteiger partial charge in [-0.15, -0.1) is 0 Å². The van der Waals surface area contributed by atoms with E-state index < -0.39 is 0 Å². The minimum Gasteiger partial charge on any atom is -0.381 e. The van der Waals surface area contributed by atoms with Crippen LogP contribution in [-0.2, 0) is 17.8 Å². The van der Waals surface area contributed by atoms with Crippen LogP contribution in [-0.4, -0.2) is 37.1 Å². The number of methoxy groups -OCH3 is 1. The Bertz CT molecular complexity index is 1180. The van der Waals surface area contributed by atoms with E-state index >= 15 is 0 Å². The van der Waals surface area contributed by atoms with Gasteiger partial charge in [-0.25, -0.2) is 0 Å². The summed E-state index contributed by atoms with van der Waals surface area (Å²) in [5.41, 5.74) is 7.08. The summed E-state index contributed by atoms with van der Waals surface area (Å²) in [4.78, 5) is 15.3. The lowest BCUT2D eigenvalue weighted by Crippen LogP contribution is -2.47. The van der Waals surface area contributed by atoms with E-state index in [1.54, 1.807) is 19.5 Å². The van der Waals surface area contributed by atoms with Crippen LogP contribution in [0.4, 0.5) is 5.69 Å². The van der Waals surface area contributed by atoms with Crippen molar-refractivity contribution in [2.45, 2.75) is 125 Å². The Kier molecular flexibility index (Phi) is 14.6. The number of aryl methyl sites for hydroxylation is 1. The number of nitrogens with zero attached hydrogens (tertiary/aromatic N) is 3. The molecule has 3 aliphatic rings. The number of benzene rings is 2. The third-order valence-electron chi connectivity index (χ3n) is 8.13. The molecule has 2 saturated carbocycles. The van der Waals surface area contributed by atoms with E-state index in [-0.39, 0.29) is 11.4 Å². The van der Waals surface area contributed by atoms with Crippen molar-refractivity contribution in [3.05, 3.63) is 64.2 Å². The molecule has 1 aliphatic heterocycles. The van der Waals surface area contributed by atoms with Crippen molar-refractivity contribution in [3.63, 3.8) is 0 Å². The number of rotatable bonds is 8. The van der Waals surface area contributed by atoms with E-state index in [0.717, 1.165) is 30.6 Å². The van der Waals surface area contributed by atoms with Crippen molar-refractivity contribution in [3.8, 4) is 0 Å². The van der Waals surface area contributed by atoms with Crippen LogP contribution in [0.25, 0.3) is 0 Å². The summed E-state index contributed by atoms with van der Waals surface area (Å²) in [7, 11) is 1.79. The van der Waals surface area contributed by atoms with Gasteiger partial charge in [-0.3, -0.25) is 4.79 Å². The fourth-order valence-corrected chi connectivity index (χ4v) is 5.39. The molecule has 5 rings (SSSR count). The van der Waals surface area contributed by atoms with Gasteiger partial charge in [0, 0.05) is 42.9 Å². The molecule has 2 aromatic rings. The zero-order valence-electron chi connectivity index (χ0n) is 28.0. The molecule has 0 aromatic heterocycles. The van der Waals surface area contributed by atoms with Crippen molar-refractivity contribution in [2.24, 2.45) is 16.1 Å². The van der Waals surface area contributed by atoms with Crippen molar-refractivity contribution < 1.29 is 9.53 Å². The molecule has 0 unspecified atom stereocenters. The first kappa shape index (κ1) is 35.4. The largest absolute Gasteiger partial charge is 0.381 e. The van der Waals surface area contributed by atoms with Crippen LogP contribution in [0, 0.1) is 12.8 Å². The van der Waals surface area contributed by atoms with Gasteiger partial charge in [0.2, 0.25) is 0 Å². The quantitative estimate of drug-likeness (QED) is 0.252. The van der Waals surface area contributed by atoms with E-state index in [4.69, 9.17) is 4.74 Å². The third kappa shape index (κ3) is 9.34. The average Bonchev–Trinajstić information content (AvgIpc) is 3.30. The molecule has 0 bridgehead atoms. The van der Waals surface area contributed by atoms with Gasteiger partial charge in [0.05, 0.1) is 12.6 Å². The lowest BCUT2D eigenvalue weighted by atomic mass is 9.77. The molecule has 0 spiro atoms. The Balaban J connectivity index is 0.000000443. The van der Waals surface area contributed by atoms with Crippen LogP contribution in [0.15, 0.2) is 46.6 Å². The summed E-state index contributed by atoms with van der Waals surface area (Å²) in [5.74, 6) is 1.17. The summed E-state index contributed by atoms with van der Waals surface area (Å²) < 4.78 is 5.43. The minimum absolute atomic E-state index is 0.130. The zero-order valence-corrected chi connectivity index (χ0v) is 28.0. The molecule has 42 heavy (non-hydrogen) atoms. The second kappa shape index (κ2) is 17.3. The number of carbonyl (C=O) groups is 1. The van der Waals surface area contributed by atoms with Crippen LogP contribution in [0.1, 0.15) is 126 Å². The number of anilines is 1. The Labute approximate surface area is 256 Å². The van der Waals surface area contributed by atoms with Crippen LogP contribution >= 0.6 is 0 Å². The Hall–Kier alpha value is -2.83. The summed E-state index contributed by atoms with van der Waals surface area (Å²) in [5, 5.41) is 11.1. The number of hydrogen-bond acceptors (Lipinski definition) is 5. The number of amides is 1. The molecule has 0 radical (unpaired) electrons. The molecule has 1 amide bonds. The average molecular weight is 577 g/mol. The monoisotopic (exact) mass is 576 g/mol. The highest BCUT2D eigenvalue weighted by Crippen LogP contribution is 2.40. The first-order chi connectivity index (χ1) is 20.2. The topological polar surface area (TPSA) is 66.3 Å². The number of ether oxygens (including phenoxy) is 1. The van der Waals surface area contributed by atoms with Crippen LogP contribution < -0.4 is 10.2 Å². The fourth-order valence-electron chi connectivity index (χ4n) is 5.39. The SMILES string of the molecule is C/C=N\N=C/C(C)C.CC.CC.COC1CC(c2cccc(N3Cc4c(C)cc(CNC5(C)CCC5)cc4C3=O)c2)C1. The van der Waals surface area contributed by atoms with E-state index in [9.17, 15) is 4.79 Å². The van der Waals surface area contributed by atoms with E-state index in [2.05, 4.69) is 79.6 Å². The molecule has 6 heteroatoms. The molecule has 0 atom stereocenters. The molecule has 2 aromatic carbocycles. The lowest BCUT2D eigenvalue weighted by Gasteiger charge is -2.39. The summed E-state index contributed by atoms with van der Waals surface area (Å²) in [6.07, 6.45) is 9.79. The van der Waals surface area contributed by atoms with Crippen LogP contribution in [0.2, 0.25) is 0 Å². The maximum atomic E-state index is 13.3. The fraction of sp³-hybridized carbons (Fsp3) is 0.583. The van der Waals surface area contributed by atoms with Gasteiger partial charge in [-0.2, -0.15) is 10.2 Å². The van der Waals surface area contributed by atoms with E-state index in [0.29, 0.717) is 24.5 Å². The highest BCUT2D eigenvalue weighted by Gasteiger charge is 2.34. The Morgan fingerprint density at radius 2 is 1.79 bits per heavy atom. The van der Waals surface area contributed by atoms with Gasteiger partial charge in [0.1, 0.15) is 0 Å². The number of fused-ring (bicyclic) bond motifs is 1. The molecule has 0 saturated heterocycles. The highest BCUT2D eigenvalue weighted by molar-refractivity contribution is 6.10. The lowest BCUT2D eigenvalue weighted by molar-refractivity contribution is 0.0258.